The summed E-state index contributed by atoms with van der Waals surface area (Å²) >= 11 is 0. The third kappa shape index (κ3) is 2.18. The highest BCUT2D eigenvalue weighted by Crippen LogP contribution is 2.39. The van der Waals surface area contributed by atoms with Crippen LogP contribution in [-0.2, 0) is 9.47 Å². The van der Waals surface area contributed by atoms with Crippen molar-refractivity contribution >= 4 is 17.0 Å². The highest BCUT2D eigenvalue weighted by atomic mass is 16.7. The van der Waals surface area contributed by atoms with Crippen LogP contribution in [0.4, 0.5) is 0 Å². The summed E-state index contributed by atoms with van der Waals surface area (Å²) in [6.07, 6.45) is 1.64. The molecule has 0 radical (unpaired) electrons. The Bertz CT molecular complexity index is 683. The lowest BCUT2D eigenvalue weighted by Crippen LogP contribution is -2.21. The lowest BCUT2D eigenvalue weighted by atomic mass is 9.91. The minimum absolute atomic E-state index is 0.0677. The predicted molar refractivity (Wildman–Crippen MR) is 80.0 cm³/mol. The molecule has 0 fully saturated rings. The average Bonchev–Trinajstić information content (AvgIpc) is 2.42. The number of fused-ring (bicyclic) bond motifs is 2. The molecule has 3 nitrogen and oxygen atoms in total. The van der Waals surface area contributed by atoms with Crippen molar-refractivity contribution in [1.82, 2.24) is 4.98 Å². The number of methoxy groups -OCH3 is 1. The molecule has 1 aromatic carbocycles. The Hall–Kier alpha value is -1.87. The zero-order chi connectivity index (χ0) is 14.3. The molecule has 0 saturated heterocycles. The first-order valence-electron chi connectivity index (χ1n) is 6.80. The number of nitrogens with zero attached hydrogens (tertiary/aromatic N) is 1. The Morgan fingerprint density at radius 1 is 1.20 bits per heavy atom. The highest BCUT2D eigenvalue weighted by Gasteiger charge is 2.29. The van der Waals surface area contributed by atoms with Crippen molar-refractivity contribution in [2.75, 3.05) is 7.11 Å². The Kier molecular flexibility index (Phi) is 3.02. The van der Waals surface area contributed by atoms with Gasteiger partial charge in [0.25, 0.3) is 0 Å². The second-order valence-corrected chi connectivity index (χ2v) is 6.10. The van der Waals surface area contributed by atoms with E-state index in [-0.39, 0.29) is 11.7 Å². The summed E-state index contributed by atoms with van der Waals surface area (Å²) in [6, 6.07) is 10.2. The SMILES string of the molecule is COC1OC(C(C)(C)C)=Cc2nc3ccccc3cc21. The minimum Gasteiger partial charge on any atom is -0.464 e. The van der Waals surface area contributed by atoms with Gasteiger partial charge in [0.15, 0.2) is 0 Å². The fourth-order valence-electron chi connectivity index (χ4n) is 2.36. The molecular formula is C17H19NO2. The molecule has 2 heterocycles. The van der Waals surface area contributed by atoms with Crippen LogP contribution in [0.25, 0.3) is 17.0 Å². The molecule has 1 atom stereocenters. The summed E-state index contributed by atoms with van der Waals surface area (Å²) in [5, 5.41) is 1.10. The maximum absolute atomic E-state index is 5.97. The van der Waals surface area contributed by atoms with E-state index in [4.69, 9.17) is 14.5 Å². The van der Waals surface area contributed by atoms with E-state index >= 15 is 0 Å². The van der Waals surface area contributed by atoms with Crippen LogP contribution < -0.4 is 0 Å². The summed E-state index contributed by atoms with van der Waals surface area (Å²) in [7, 11) is 1.66. The molecule has 0 aliphatic carbocycles. The Labute approximate surface area is 119 Å². The fourth-order valence-corrected chi connectivity index (χ4v) is 2.36. The quantitative estimate of drug-likeness (QED) is 0.773. The van der Waals surface area contributed by atoms with Crippen LogP contribution in [0.3, 0.4) is 0 Å². The molecular weight excluding hydrogens is 250 g/mol. The topological polar surface area (TPSA) is 31.4 Å². The number of para-hydroxylation sites is 1. The van der Waals surface area contributed by atoms with E-state index in [1.54, 1.807) is 7.11 Å². The van der Waals surface area contributed by atoms with Crippen LogP contribution in [0.15, 0.2) is 36.1 Å². The molecule has 0 spiro atoms. The van der Waals surface area contributed by atoms with Crippen molar-refractivity contribution in [1.29, 1.82) is 0 Å². The smallest absolute Gasteiger partial charge is 0.228 e. The number of hydrogen-bond donors (Lipinski definition) is 0. The van der Waals surface area contributed by atoms with E-state index in [1.165, 1.54) is 0 Å². The first-order chi connectivity index (χ1) is 9.49. The van der Waals surface area contributed by atoms with Gasteiger partial charge in [0.1, 0.15) is 5.76 Å². The van der Waals surface area contributed by atoms with Crippen molar-refractivity contribution in [3.8, 4) is 0 Å². The molecule has 3 rings (SSSR count). The highest BCUT2D eigenvalue weighted by molar-refractivity contribution is 5.81. The van der Waals surface area contributed by atoms with Gasteiger partial charge in [0.05, 0.1) is 11.2 Å². The standard InChI is InChI=1S/C17H19NO2/c1-17(2,3)15-10-14-12(16(19-4)20-15)9-11-7-5-6-8-13(11)18-14/h5-10,16H,1-4H3. The summed E-state index contributed by atoms with van der Waals surface area (Å²) in [6.45, 7) is 6.37. The fraction of sp³-hybridized carbons (Fsp3) is 0.353. The van der Waals surface area contributed by atoms with Gasteiger partial charge in [-0.1, -0.05) is 39.0 Å². The van der Waals surface area contributed by atoms with Gasteiger partial charge in [0.2, 0.25) is 6.29 Å². The zero-order valence-corrected chi connectivity index (χ0v) is 12.3. The molecule has 104 valence electrons. The van der Waals surface area contributed by atoms with Crippen LogP contribution in [0.5, 0.6) is 0 Å². The predicted octanol–water partition coefficient (Wildman–Crippen LogP) is 4.30. The van der Waals surface area contributed by atoms with Gasteiger partial charge >= 0.3 is 0 Å². The number of ether oxygens (including phenoxy) is 2. The van der Waals surface area contributed by atoms with E-state index in [9.17, 15) is 0 Å². The van der Waals surface area contributed by atoms with Gasteiger partial charge in [-0.25, -0.2) is 4.98 Å². The molecule has 0 amide bonds. The normalized spacial score (nSPS) is 18.4. The van der Waals surface area contributed by atoms with E-state index in [1.807, 2.05) is 24.3 Å². The Balaban J connectivity index is 2.21. The monoisotopic (exact) mass is 269 g/mol. The number of allylic oxidation sites excluding steroid dienone is 1. The van der Waals surface area contributed by atoms with Crippen molar-refractivity contribution in [2.24, 2.45) is 5.41 Å². The second kappa shape index (κ2) is 4.60. The molecule has 2 aromatic rings. The summed E-state index contributed by atoms with van der Waals surface area (Å²) in [5.74, 6) is 0.902. The zero-order valence-electron chi connectivity index (χ0n) is 12.3. The molecule has 20 heavy (non-hydrogen) atoms. The first kappa shape index (κ1) is 13.1. The summed E-state index contributed by atoms with van der Waals surface area (Å²) in [4.78, 5) is 4.74. The molecule has 3 heteroatoms. The molecule has 0 N–H and O–H groups in total. The van der Waals surface area contributed by atoms with Gasteiger partial charge < -0.3 is 9.47 Å². The summed E-state index contributed by atoms with van der Waals surface area (Å²) < 4.78 is 11.5. The summed E-state index contributed by atoms with van der Waals surface area (Å²) in [5.41, 5.74) is 2.85. The Morgan fingerprint density at radius 2 is 1.95 bits per heavy atom. The van der Waals surface area contributed by atoms with Crippen molar-refractivity contribution < 1.29 is 9.47 Å². The van der Waals surface area contributed by atoms with Crippen LogP contribution in [-0.4, -0.2) is 12.1 Å². The van der Waals surface area contributed by atoms with Crippen LogP contribution in [0.1, 0.15) is 38.3 Å². The molecule has 1 unspecified atom stereocenters. The van der Waals surface area contributed by atoms with Gasteiger partial charge in [-0.2, -0.15) is 0 Å². The molecule has 1 aliphatic rings. The molecule has 1 aromatic heterocycles. The van der Waals surface area contributed by atoms with E-state index in [2.05, 4.69) is 32.9 Å². The van der Waals surface area contributed by atoms with Gasteiger partial charge in [-0.05, 0) is 12.1 Å². The van der Waals surface area contributed by atoms with Gasteiger partial charge in [-0.3, -0.25) is 0 Å². The molecule has 0 bridgehead atoms. The number of aromatic nitrogens is 1. The van der Waals surface area contributed by atoms with Crippen molar-refractivity contribution in [2.45, 2.75) is 27.1 Å². The molecule has 1 aliphatic heterocycles. The lowest BCUT2D eigenvalue weighted by Gasteiger charge is -2.31. The van der Waals surface area contributed by atoms with Crippen molar-refractivity contribution in [3.63, 3.8) is 0 Å². The number of benzene rings is 1. The van der Waals surface area contributed by atoms with Crippen LogP contribution in [0, 0.1) is 5.41 Å². The van der Waals surface area contributed by atoms with E-state index < -0.39 is 0 Å². The van der Waals surface area contributed by atoms with Crippen LogP contribution >= 0.6 is 0 Å². The first-order valence-corrected chi connectivity index (χ1v) is 6.80. The lowest BCUT2D eigenvalue weighted by molar-refractivity contribution is -0.112. The molecule has 0 saturated carbocycles. The minimum atomic E-state index is -0.388. The number of hydrogen-bond acceptors (Lipinski definition) is 3. The Morgan fingerprint density at radius 3 is 2.65 bits per heavy atom. The van der Waals surface area contributed by atoms with Crippen LogP contribution in [0.2, 0.25) is 0 Å². The van der Waals surface area contributed by atoms with Crippen molar-refractivity contribution in [3.05, 3.63) is 47.3 Å². The maximum Gasteiger partial charge on any atom is 0.228 e. The van der Waals surface area contributed by atoms with E-state index in [0.29, 0.717) is 0 Å². The average molecular weight is 269 g/mol. The maximum atomic E-state index is 5.97. The van der Waals surface area contributed by atoms with Gasteiger partial charge in [-0.15, -0.1) is 0 Å². The van der Waals surface area contributed by atoms with E-state index in [0.717, 1.165) is 27.9 Å². The number of pyridine rings is 1. The third-order valence-electron chi connectivity index (χ3n) is 3.49. The van der Waals surface area contributed by atoms with Gasteiger partial charge in [0, 0.05) is 29.6 Å². The largest absolute Gasteiger partial charge is 0.464 e. The third-order valence-corrected chi connectivity index (χ3v) is 3.49. The number of rotatable bonds is 1. The second-order valence-electron chi connectivity index (χ2n) is 6.10.